The van der Waals surface area contributed by atoms with Crippen molar-refractivity contribution in [2.45, 2.75) is 79.1 Å². The Labute approximate surface area is 351 Å². The zero-order valence-electron chi connectivity index (χ0n) is 35.7. The van der Waals surface area contributed by atoms with Gasteiger partial charge in [-0.15, -0.1) is 0 Å². The second-order valence-corrected chi connectivity index (χ2v) is 17.5. The summed E-state index contributed by atoms with van der Waals surface area (Å²) in [5.74, 6) is 3.30. The fourth-order valence-electron chi connectivity index (χ4n) is 9.48. The Morgan fingerprint density at radius 1 is 0.500 bits per heavy atom. The summed E-state index contributed by atoms with van der Waals surface area (Å²) in [7, 11) is 0. The van der Waals surface area contributed by atoms with E-state index < -0.39 is 0 Å². The highest BCUT2D eigenvalue weighted by Gasteiger charge is 2.25. The van der Waals surface area contributed by atoms with Crippen LogP contribution in [-0.2, 0) is 0 Å². The molecule has 0 unspecified atom stereocenters. The maximum atomic E-state index is 6.92. The highest BCUT2D eigenvalue weighted by atomic mass is 16.5. The zero-order chi connectivity index (χ0) is 41.4. The van der Waals surface area contributed by atoms with Gasteiger partial charge in [0, 0.05) is 27.1 Å². The third-order valence-electron chi connectivity index (χ3n) is 12.3. The maximum Gasteiger partial charge on any atom is 0.239 e. The van der Waals surface area contributed by atoms with Gasteiger partial charge in [-0.3, -0.25) is 13.5 Å². The molecule has 0 N–H and O–H groups in total. The Kier molecular flexibility index (Phi) is 9.12. The van der Waals surface area contributed by atoms with Crippen molar-refractivity contribution in [1.82, 2.24) is 23.5 Å². The minimum atomic E-state index is 0.290. The van der Waals surface area contributed by atoms with Crippen molar-refractivity contribution in [3.05, 3.63) is 162 Å². The summed E-state index contributed by atoms with van der Waals surface area (Å²) >= 11 is 0. The monoisotopic (exact) mass is 785 g/mol. The first kappa shape index (κ1) is 37.6. The zero-order valence-corrected chi connectivity index (χ0v) is 35.7. The lowest BCUT2D eigenvalue weighted by atomic mass is 9.87. The lowest BCUT2D eigenvalue weighted by Gasteiger charge is -2.22. The van der Waals surface area contributed by atoms with E-state index in [1.807, 2.05) is 0 Å². The first-order valence-corrected chi connectivity index (χ1v) is 21.4. The fraction of sp³-hybridized carbons (Fsp3) is 0.222. The predicted octanol–water partition coefficient (Wildman–Crippen LogP) is 14.9. The van der Waals surface area contributed by atoms with Crippen LogP contribution in [0.4, 0.5) is 0 Å². The van der Waals surface area contributed by atoms with Gasteiger partial charge in [-0.25, -0.2) is 4.98 Å². The molecule has 298 valence electrons. The lowest BCUT2D eigenvalue weighted by Crippen LogP contribution is -2.11. The number of imidazole rings is 2. The number of hydrogen-bond acceptors (Lipinski definition) is 3. The molecule has 0 amide bonds. The summed E-state index contributed by atoms with van der Waals surface area (Å²) in [6.07, 6.45) is 4.15. The van der Waals surface area contributed by atoms with Crippen LogP contribution < -0.4 is 4.74 Å². The summed E-state index contributed by atoms with van der Waals surface area (Å²) < 4.78 is 13.8. The van der Waals surface area contributed by atoms with Gasteiger partial charge in [0.2, 0.25) is 11.8 Å². The molecule has 0 spiro atoms. The van der Waals surface area contributed by atoms with E-state index in [9.17, 15) is 0 Å². The molecule has 6 heteroatoms. The van der Waals surface area contributed by atoms with Crippen molar-refractivity contribution in [2.75, 3.05) is 0 Å². The minimum absolute atomic E-state index is 0.290. The van der Waals surface area contributed by atoms with Crippen molar-refractivity contribution >= 4 is 49.1 Å². The molecule has 0 radical (unpaired) electrons. The Balaban J connectivity index is 1.20. The molecule has 0 aliphatic rings. The van der Waals surface area contributed by atoms with Crippen LogP contribution in [0.3, 0.4) is 0 Å². The number of rotatable bonds is 9. The molecule has 10 aromatic rings. The smallest absolute Gasteiger partial charge is 0.239 e. The maximum absolute atomic E-state index is 6.92. The van der Waals surface area contributed by atoms with E-state index in [1.54, 1.807) is 0 Å². The summed E-state index contributed by atoms with van der Waals surface area (Å²) in [4.78, 5) is 10.6. The highest BCUT2D eigenvalue weighted by molar-refractivity contribution is 6.13. The van der Waals surface area contributed by atoms with Gasteiger partial charge in [0.25, 0.3) is 0 Å². The number of benzene rings is 6. The number of fused-ring (bicyclic) bond motifs is 9. The van der Waals surface area contributed by atoms with E-state index in [2.05, 4.69) is 209 Å². The topological polar surface area (TPSA) is 49.3 Å². The van der Waals surface area contributed by atoms with Gasteiger partial charge in [0.1, 0.15) is 11.4 Å². The average molecular weight is 786 g/mol. The lowest BCUT2D eigenvalue weighted by molar-refractivity contribution is 0.466. The SMILES string of the molecule is CC(C)c1cccc(C(C)C)c1-c1cnc2c3cc(Oc4cn(-c5c(C(C)C)cccc5C(C)C)c(-n5c6ccccc6c6ccccc65)n4)ccc3c3ccccc3n12. The molecule has 0 saturated heterocycles. The van der Waals surface area contributed by atoms with E-state index in [4.69, 9.17) is 14.7 Å². The van der Waals surface area contributed by atoms with Crippen molar-refractivity contribution < 1.29 is 4.74 Å². The van der Waals surface area contributed by atoms with Crippen LogP contribution in [0.2, 0.25) is 0 Å². The van der Waals surface area contributed by atoms with Crippen LogP contribution in [0.1, 0.15) is 101 Å². The largest absolute Gasteiger partial charge is 0.437 e. The van der Waals surface area contributed by atoms with Crippen LogP contribution >= 0.6 is 0 Å². The first-order chi connectivity index (χ1) is 29.1. The van der Waals surface area contributed by atoms with E-state index in [1.165, 1.54) is 44.0 Å². The predicted molar refractivity (Wildman–Crippen MR) is 250 cm³/mol. The molecule has 6 nitrogen and oxygen atoms in total. The fourth-order valence-corrected chi connectivity index (χ4v) is 9.48. The van der Waals surface area contributed by atoms with Crippen molar-refractivity contribution in [2.24, 2.45) is 0 Å². The molecule has 0 saturated carbocycles. The molecule has 0 bridgehead atoms. The van der Waals surface area contributed by atoms with Gasteiger partial charge in [0.05, 0.1) is 40.3 Å². The normalized spacial score (nSPS) is 12.3. The molecule has 60 heavy (non-hydrogen) atoms. The number of para-hydroxylation sites is 4. The van der Waals surface area contributed by atoms with E-state index in [0.29, 0.717) is 23.5 Å². The molecule has 0 aliphatic carbocycles. The highest BCUT2D eigenvalue weighted by Crippen LogP contribution is 2.42. The summed E-state index contributed by atoms with van der Waals surface area (Å²) in [6.45, 7) is 18.2. The number of hydrogen-bond donors (Lipinski definition) is 0. The standard InChI is InChI=1S/C54H51N5O/c1-32(2)37-20-15-21-38(33(3)4)51(37)49-30-55-53-45-29-36(27-28-41(45)42-17-9-12-24-46(42)58(49)53)60-50-31-57(52-39(34(5)6)22-16-23-40(52)35(7)8)54(56-50)59-47-25-13-10-18-43(47)44-19-11-14-26-48(44)59/h9-35H,1-8H3. The second kappa shape index (κ2) is 14.6. The molecule has 0 aliphatic heterocycles. The Hall–Kier alpha value is -6.66. The average Bonchev–Trinajstić information content (AvgIpc) is 3.97. The van der Waals surface area contributed by atoms with Crippen molar-refractivity contribution in [3.8, 4) is 34.5 Å². The Morgan fingerprint density at radius 3 is 1.58 bits per heavy atom. The number of pyridine rings is 1. The van der Waals surface area contributed by atoms with Crippen LogP contribution in [0, 0.1) is 0 Å². The molecule has 6 aromatic carbocycles. The van der Waals surface area contributed by atoms with E-state index in [-0.39, 0.29) is 11.8 Å². The summed E-state index contributed by atoms with van der Waals surface area (Å²) in [5, 5.41) is 5.71. The van der Waals surface area contributed by atoms with Crippen LogP contribution in [0.5, 0.6) is 11.6 Å². The number of nitrogens with zero attached hydrogens (tertiary/aromatic N) is 5. The van der Waals surface area contributed by atoms with Crippen LogP contribution in [0.15, 0.2) is 140 Å². The van der Waals surface area contributed by atoms with Gasteiger partial charge in [-0.1, -0.05) is 146 Å². The first-order valence-electron chi connectivity index (χ1n) is 21.4. The third-order valence-corrected chi connectivity index (χ3v) is 12.3. The summed E-state index contributed by atoms with van der Waals surface area (Å²) in [5.41, 5.74) is 13.0. The van der Waals surface area contributed by atoms with Gasteiger partial charge in [-0.2, -0.15) is 4.98 Å². The van der Waals surface area contributed by atoms with Crippen LogP contribution in [-0.4, -0.2) is 23.5 Å². The van der Waals surface area contributed by atoms with E-state index >= 15 is 0 Å². The molecular weight excluding hydrogens is 735 g/mol. The van der Waals surface area contributed by atoms with Gasteiger partial charge >= 0.3 is 0 Å². The molecule has 10 rings (SSSR count). The molecule has 4 heterocycles. The number of aromatic nitrogens is 5. The number of ether oxygens (including phenoxy) is 1. The molecule has 4 aromatic heterocycles. The Morgan fingerprint density at radius 2 is 1.02 bits per heavy atom. The van der Waals surface area contributed by atoms with Crippen molar-refractivity contribution in [3.63, 3.8) is 0 Å². The van der Waals surface area contributed by atoms with Gasteiger partial charge in [-0.05, 0) is 87.7 Å². The Bertz CT molecular complexity index is 3160. The molecule has 0 atom stereocenters. The van der Waals surface area contributed by atoms with E-state index in [0.717, 1.165) is 50.3 Å². The van der Waals surface area contributed by atoms with Crippen molar-refractivity contribution in [1.29, 1.82) is 0 Å². The quantitative estimate of drug-likeness (QED) is 0.137. The third kappa shape index (κ3) is 5.91. The molecule has 0 fully saturated rings. The molecular formula is C54H51N5O. The van der Waals surface area contributed by atoms with Crippen LogP contribution in [0.25, 0.3) is 72.0 Å². The van der Waals surface area contributed by atoms with Gasteiger partial charge < -0.3 is 4.74 Å². The minimum Gasteiger partial charge on any atom is -0.437 e. The summed E-state index contributed by atoms with van der Waals surface area (Å²) in [6, 6.07) is 45.7. The second-order valence-electron chi connectivity index (χ2n) is 17.5. The van der Waals surface area contributed by atoms with Gasteiger partial charge in [0.15, 0.2) is 0 Å².